The number of hydrogen-bond acceptors (Lipinski definition) is 4. The first-order valence-corrected chi connectivity index (χ1v) is 13.4. The lowest BCUT2D eigenvalue weighted by molar-refractivity contribution is -0.128. The van der Waals surface area contributed by atoms with Gasteiger partial charge in [0.05, 0.1) is 5.75 Å². The molecule has 2 amide bonds. The molecule has 2 heterocycles. The molecule has 5 rings (SSSR count). The number of hydrogen-bond donors (Lipinski definition) is 1. The van der Waals surface area contributed by atoms with Gasteiger partial charge in [-0.2, -0.15) is 0 Å². The second kappa shape index (κ2) is 10.8. The van der Waals surface area contributed by atoms with Gasteiger partial charge < -0.3 is 15.1 Å². The minimum atomic E-state index is -0.143. The summed E-state index contributed by atoms with van der Waals surface area (Å²) in [6.45, 7) is 2.73. The Morgan fingerprint density at radius 1 is 0.914 bits per heavy atom. The number of piperidine rings is 1. The Morgan fingerprint density at radius 3 is 2.29 bits per heavy atom. The number of benzene rings is 3. The van der Waals surface area contributed by atoms with Crippen LogP contribution in [0.2, 0.25) is 5.02 Å². The summed E-state index contributed by atoms with van der Waals surface area (Å²) in [5.41, 5.74) is 4.63. The van der Waals surface area contributed by atoms with E-state index in [4.69, 9.17) is 11.6 Å². The van der Waals surface area contributed by atoms with Crippen LogP contribution in [-0.4, -0.2) is 35.6 Å². The molecule has 2 aliphatic heterocycles. The molecule has 1 atom stereocenters. The highest BCUT2D eigenvalue weighted by molar-refractivity contribution is 8.00. The van der Waals surface area contributed by atoms with Gasteiger partial charge in [-0.15, -0.1) is 11.8 Å². The monoisotopic (exact) mass is 505 g/mol. The molecule has 2 aliphatic rings. The maximum atomic E-state index is 12.8. The minimum absolute atomic E-state index is 0.0716. The molecular weight excluding hydrogens is 478 g/mol. The van der Waals surface area contributed by atoms with Crippen molar-refractivity contribution in [3.05, 3.63) is 94.5 Å². The van der Waals surface area contributed by atoms with Gasteiger partial charge >= 0.3 is 0 Å². The number of thioether (sulfide) groups is 1. The molecule has 0 bridgehead atoms. The molecule has 180 valence electrons. The van der Waals surface area contributed by atoms with Gasteiger partial charge in [0.25, 0.3) is 5.91 Å². The molecule has 0 aliphatic carbocycles. The number of halogens is 1. The summed E-state index contributed by atoms with van der Waals surface area (Å²) < 4.78 is 0. The quantitative estimate of drug-likeness (QED) is 0.423. The SMILES string of the molecule is O=C(Nc1ccc(N2CCCCC2)cc1)c1ccc(C2SCC(=O)N2Cc2ccc(Cl)cc2)cc1. The van der Waals surface area contributed by atoms with Crippen molar-refractivity contribution < 1.29 is 9.59 Å². The Bertz CT molecular complexity index is 1180. The van der Waals surface area contributed by atoms with E-state index in [0.29, 0.717) is 22.9 Å². The lowest BCUT2D eigenvalue weighted by Gasteiger charge is -2.28. The van der Waals surface area contributed by atoms with Crippen molar-refractivity contribution in [3.63, 3.8) is 0 Å². The molecule has 3 aromatic carbocycles. The van der Waals surface area contributed by atoms with Crippen LogP contribution in [0.4, 0.5) is 11.4 Å². The first-order valence-electron chi connectivity index (χ1n) is 12.0. The summed E-state index contributed by atoms with van der Waals surface area (Å²) >= 11 is 7.60. The van der Waals surface area contributed by atoms with Crippen molar-refractivity contribution in [1.82, 2.24) is 4.90 Å². The maximum Gasteiger partial charge on any atom is 0.255 e. The fourth-order valence-electron chi connectivity index (χ4n) is 4.60. The second-order valence-corrected chi connectivity index (χ2v) is 10.5. The van der Waals surface area contributed by atoms with Crippen molar-refractivity contribution in [3.8, 4) is 0 Å². The van der Waals surface area contributed by atoms with Gasteiger partial charge in [0.15, 0.2) is 0 Å². The number of rotatable bonds is 6. The van der Waals surface area contributed by atoms with Crippen molar-refractivity contribution in [2.45, 2.75) is 31.2 Å². The summed E-state index contributed by atoms with van der Waals surface area (Å²) in [7, 11) is 0. The molecule has 0 radical (unpaired) electrons. The van der Waals surface area contributed by atoms with E-state index in [2.05, 4.69) is 22.3 Å². The molecule has 0 saturated carbocycles. The van der Waals surface area contributed by atoms with E-state index in [1.54, 1.807) is 11.8 Å². The average Bonchev–Trinajstić information content (AvgIpc) is 3.26. The second-order valence-electron chi connectivity index (χ2n) is 8.98. The molecule has 0 spiro atoms. The third kappa shape index (κ3) is 5.65. The molecular formula is C28H28ClN3O2S. The number of nitrogens with zero attached hydrogens (tertiary/aromatic N) is 2. The Hall–Kier alpha value is -2.96. The molecule has 1 unspecified atom stereocenters. The smallest absolute Gasteiger partial charge is 0.255 e. The highest BCUT2D eigenvalue weighted by atomic mass is 35.5. The lowest BCUT2D eigenvalue weighted by atomic mass is 10.1. The van der Waals surface area contributed by atoms with Crippen LogP contribution >= 0.6 is 23.4 Å². The predicted octanol–water partition coefficient (Wildman–Crippen LogP) is 6.36. The van der Waals surface area contributed by atoms with Crippen molar-refractivity contribution in [1.29, 1.82) is 0 Å². The maximum absolute atomic E-state index is 12.8. The zero-order chi connectivity index (χ0) is 24.2. The van der Waals surface area contributed by atoms with E-state index in [1.807, 2.05) is 65.6 Å². The molecule has 2 fully saturated rings. The fourth-order valence-corrected chi connectivity index (χ4v) is 5.91. The van der Waals surface area contributed by atoms with Crippen molar-refractivity contribution in [2.75, 3.05) is 29.1 Å². The van der Waals surface area contributed by atoms with Gasteiger partial charge in [-0.05, 0) is 78.9 Å². The Labute approximate surface area is 215 Å². The first kappa shape index (κ1) is 23.8. The number of anilines is 2. The normalized spacial score (nSPS) is 18.1. The predicted molar refractivity (Wildman–Crippen MR) is 144 cm³/mol. The fraction of sp³-hybridized carbons (Fsp3) is 0.286. The van der Waals surface area contributed by atoms with Crippen LogP contribution in [0, 0.1) is 0 Å². The number of carbonyl (C=O) groups is 2. The van der Waals surface area contributed by atoms with E-state index in [0.717, 1.165) is 29.9 Å². The third-order valence-electron chi connectivity index (χ3n) is 6.54. The minimum Gasteiger partial charge on any atom is -0.372 e. The number of carbonyl (C=O) groups excluding carboxylic acids is 2. The van der Waals surface area contributed by atoms with Crippen LogP contribution in [-0.2, 0) is 11.3 Å². The Balaban J connectivity index is 1.22. The average molecular weight is 506 g/mol. The largest absolute Gasteiger partial charge is 0.372 e. The Kier molecular flexibility index (Phi) is 7.30. The van der Waals surface area contributed by atoms with Gasteiger partial charge in [0.2, 0.25) is 5.91 Å². The first-order chi connectivity index (χ1) is 17.1. The van der Waals surface area contributed by atoms with Gasteiger partial charge in [0, 0.05) is 41.6 Å². The van der Waals surface area contributed by atoms with E-state index in [1.165, 1.54) is 24.9 Å². The molecule has 3 aromatic rings. The van der Waals surface area contributed by atoms with Crippen LogP contribution in [0.15, 0.2) is 72.8 Å². The van der Waals surface area contributed by atoms with Crippen LogP contribution < -0.4 is 10.2 Å². The van der Waals surface area contributed by atoms with Gasteiger partial charge in [-0.3, -0.25) is 9.59 Å². The summed E-state index contributed by atoms with van der Waals surface area (Å²) in [5, 5.41) is 3.60. The number of amides is 2. The summed E-state index contributed by atoms with van der Waals surface area (Å²) in [6.07, 6.45) is 3.78. The van der Waals surface area contributed by atoms with Crippen LogP contribution in [0.3, 0.4) is 0 Å². The molecule has 5 nitrogen and oxygen atoms in total. The summed E-state index contributed by atoms with van der Waals surface area (Å²) in [4.78, 5) is 29.6. The van der Waals surface area contributed by atoms with E-state index < -0.39 is 0 Å². The summed E-state index contributed by atoms with van der Waals surface area (Å²) in [5.74, 6) is 0.425. The van der Waals surface area contributed by atoms with Crippen molar-refractivity contribution >= 4 is 46.6 Å². The summed E-state index contributed by atoms with van der Waals surface area (Å²) in [6, 6.07) is 23.2. The standard InChI is InChI=1S/C28H28ClN3O2S/c29-23-10-4-20(5-11-23)18-32-26(33)19-35-28(32)22-8-6-21(7-9-22)27(34)30-24-12-14-25(15-13-24)31-16-2-1-3-17-31/h4-15,28H,1-3,16-19H2,(H,30,34). The van der Waals surface area contributed by atoms with E-state index >= 15 is 0 Å². The van der Waals surface area contributed by atoms with E-state index in [9.17, 15) is 9.59 Å². The van der Waals surface area contributed by atoms with Gasteiger partial charge in [-0.25, -0.2) is 0 Å². The molecule has 35 heavy (non-hydrogen) atoms. The van der Waals surface area contributed by atoms with Gasteiger partial charge in [-0.1, -0.05) is 35.9 Å². The molecule has 2 saturated heterocycles. The van der Waals surface area contributed by atoms with Crippen LogP contribution in [0.25, 0.3) is 0 Å². The van der Waals surface area contributed by atoms with E-state index in [-0.39, 0.29) is 17.2 Å². The number of nitrogens with one attached hydrogen (secondary N) is 1. The zero-order valence-corrected chi connectivity index (χ0v) is 21.0. The van der Waals surface area contributed by atoms with Gasteiger partial charge in [0.1, 0.15) is 5.37 Å². The Morgan fingerprint density at radius 2 is 1.60 bits per heavy atom. The highest BCUT2D eigenvalue weighted by Crippen LogP contribution is 2.39. The molecule has 0 aromatic heterocycles. The van der Waals surface area contributed by atoms with Crippen LogP contribution in [0.1, 0.15) is 46.1 Å². The topological polar surface area (TPSA) is 52.7 Å². The molecule has 7 heteroatoms. The molecule has 1 N–H and O–H groups in total. The van der Waals surface area contributed by atoms with Crippen molar-refractivity contribution in [2.24, 2.45) is 0 Å². The third-order valence-corrected chi connectivity index (χ3v) is 8.05. The zero-order valence-electron chi connectivity index (χ0n) is 19.5. The van der Waals surface area contributed by atoms with Crippen LogP contribution in [0.5, 0.6) is 0 Å². The highest BCUT2D eigenvalue weighted by Gasteiger charge is 2.32. The lowest BCUT2D eigenvalue weighted by Crippen LogP contribution is -2.29.